The molecule has 1 aliphatic rings. The number of aromatic nitrogens is 2. The molecular formula is C19H19N5O6S2. The maximum absolute atomic E-state index is 12.5. The number of nitrogens with zero attached hydrogens (tertiary/aromatic N) is 3. The third kappa shape index (κ3) is 4.64. The van der Waals surface area contributed by atoms with Crippen LogP contribution in [0.3, 0.4) is 0 Å². The highest BCUT2D eigenvalue weighted by atomic mass is 32.2. The lowest BCUT2D eigenvalue weighted by Gasteiger charge is -2.12. The van der Waals surface area contributed by atoms with Gasteiger partial charge in [0.25, 0.3) is 26.0 Å². The van der Waals surface area contributed by atoms with Gasteiger partial charge in [0.2, 0.25) is 11.0 Å². The molecule has 0 saturated carbocycles. The van der Waals surface area contributed by atoms with Gasteiger partial charge in [0.1, 0.15) is 0 Å². The lowest BCUT2D eigenvalue weighted by atomic mass is 10.3. The highest BCUT2D eigenvalue weighted by Crippen LogP contribution is 2.23. The van der Waals surface area contributed by atoms with Crippen LogP contribution in [0.1, 0.15) is 23.4 Å². The van der Waals surface area contributed by atoms with E-state index in [-0.39, 0.29) is 21.7 Å². The minimum Gasteiger partial charge on any atom is -0.438 e. The molecule has 11 nitrogen and oxygen atoms in total. The SMILES string of the molecule is O=C(Nc1ccc(S(=O)(=O)Nc2ncccn2)cc1)c1ccc(S(=O)(=O)N2CCCC2)o1. The Kier molecular flexibility index (Phi) is 5.95. The molecule has 2 N–H and O–H groups in total. The van der Waals surface area contributed by atoms with E-state index in [1.807, 2.05) is 0 Å². The normalized spacial score (nSPS) is 14.9. The number of furan rings is 1. The predicted octanol–water partition coefficient (Wildman–Crippen LogP) is 1.91. The van der Waals surface area contributed by atoms with Crippen molar-refractivity contribution >= 4 is 37.6 Å². The lowest BCUT2D eigenvalue weighted by Crippen LogP contribution is -2.27. The molecule has 168 valence electrons. The van der Waals surface area contributed by atoms with Gasteiger partial charge in [-0.2, -0.15) is 4.31 Å². The zero-order valence-electron chi connectivity index (χ0n) is 16.6. The Labute approximate surface area is 184 Å². The van der Waals surface area contributed by atoms with Gasteiger partial charge in [-0.1, -0.05) is 0 Å². The summed E-state index contributed by atoms with van der Waals surface area (Å²) in [5.41, 5.74) is 0.297. The fourth-order valence-electron chi connectivity index (χ4n) is 3.08. The van der Waals surface area contributed by atoms with E-state index in [4.69, 9.17) is 4.42 Å². The molecule has 0 bridgehead atoms. The lowest BCUT2D eigenvalue weighted by molar-refractivity contribution is 0.0991. The van der Waals surface area contributed by atoms with Crippen molar-refractivity contribution in [3.05, 3.63) is 60.6 Å². The van der Waals surface area contributed by atoms with Crippen LogP contribution in [-0.4, -0.2) is 50.1 Å². The van der Waals surface area contributed by atoms with Gasteiger partial charge in [0.05, 0.1) is 4.90 Å². The maximum atomic E-state index is 12.5. The average molecular weight is 478 g/mol. The summed E-state index contributed by atoms with van der Waals surface area (Å²) in [5, 5.41) is 2.25. The van der Waals surface area contributed by atoms with E-state index in [1.54, 1.807) is 6.07 Å². The van der Waals surface area contributed by atoms with Crippen LogP contribution >= 0.6 is 0 Å². The number of nitrogens with one attached hydrogen (secondary N) is 2. The van der Waals surface area contributed by atoms with E-state index in [0.29, 0.717) is 18.8 Å². The molecule has 32 heavy (non-hydrogen) atoms. The van der Waals surface area contributed by atoms with Gasteiger partial charge in [0.15, 0.2) is 5.76 Å². The average Bonchev–Trinajstić information content (AvgIpc) is 3.48. The Morgan fingerprint density at radius 1 is 0.938 bits per heavy atom. The standard InChI is InChI=1S/C19H19N5O6S2/c25-18(16-8-9-17(30-16)32(28,29)24-12-1-2-13-24)22-14-4-6-15(7-5-14)31(26,27)23-19-20-10-3-11-21-19/h3-11H,1-2,12-13H2,(H,22,25)(H,20,21,23). The molecule has 1 aliphatic heterocycles. The number of hydrogen-bond acceptors (Lipinski definition) is 8. The molecule has 0 atom stereocenters. The van der Waals surface area contributed by atoms with Crippen molar-refractivity contribution in [3.8, 4) is 0 Å². The molecule has 2 aromatic heterocycles. The van der Waals surface area contributed by atoms with Crippen molar-refractivity contribution in [2.75, 3.05) is 23.1 Å². The van der Waals surface area contributed by atoms with Crippen LogP contribution in [0, 0.1) is 0 Å². The molecule has 1 amide bonds. The Balaban J connectivity index is 1.44. The summed E-state index contributed by atoms with van der Waals surface area (Å²) >= 11 is 0. The van der Waals surface area contributed by atoms with Crippen molar-refractivity contribution in [1.82, 2.24) is 14.3 Å². The number of anilines is 2. The molecule has 1 saturated heterocycles. The van der Waals surface area contributed by atoms with Crippen molar-refractivity contribution in [3.63, 3.8) is 0 Å². The van der Waals surface area contributed by atoms with Crippen LogP contribution in [0.15, 0.2) is 69.3 Å². The quantitative estimate of drug-likeness (QED) is 0.523. The zero-order chi connectivity index (χ0) is 22.8. The van der Waals surface area contributed by atoms with Crippen molar-refractivity contribution in [1.29, 1.82) is 0 Å². The van der Waals surface area contributed by atoms with E-state index in [2.05, 4.69) is 20.0 Å². The molecule has 1 fully saturated rings. The summed E-state index contributed by atoms with van der Waals surface area (Å²) in [4.78, 5) is 20.0. The van der Waals surface area contributed by atoms with Crippen LogP contribution in [0.2, 0.25) is 0 Å². The monoisotopic (exact) mass is 477 g/mol. The second-order valence-corrected chi connectivity index (χ2v) is 10.4. The second kappa shape index (κ2) is 8.68. The Morgan fingerprint density at radius 2 is 1.59 bits per heavy atom. The summed E-state index contributed by atoms with van der Waals surface area (Å²) in [5.74, 6) is -0.913. The number of benzene rings is 1. The van der Waals surface area contributed by atoms with E-state index in [9.17, 15) is 21.6 Å². The third-order valence-corrected chi connectivity index (χ3v) is 7.80. The molecular weight excluding hydrogens is 458 g/mol. The second-order valence-electron chi connectivity index (χ2n) is 6.89. The van der Waals surface area contributed by atoms with Crippen molar-refractivity contribution < 1.29 is 26.0 Å². The summed E-state index contributed by atoms with van der Waals surface area (Å²) in [6, 6.07) is 9.46. The van der Waals surface area contributed by atoms with Crippen LogP contribution in [0.5, 0.6) is 0 Å². The first kappa shape index (κ1) is 21.9. The highest BCUT2D eigenvalue weighted by Gasteiger charge is 2.30. The first-order valence-electron chi connectivity index (χ1n) is 9.57. The third-order valence-electron chi connectivity index (χ3n) is 4.68. The smallest absolute Gasteiger partial charge is 0.291 e. The molecule has 1 aromatic carbocycles. The number of carbonyl (C=O) groups is 1. The van der Waals surface area contributed by atoms with Crippen LogP contribution in [-0.2, 0) is 20.0 Å². The molecule has 4 rings (SSSR count). The van der Waals surface area contributed by atoms with E-state index in [0.717, 1.165) is 12.8 Å². The highest BCUT2D eigenvalue weighted by molar-refractivity contribution is 7.92. The van der Waals surface area contributed by atoms with Crippen LogP contribution in [0.4, 0.5) is 11.6 Å². The minimum absolute atomic E-state index is 0.0556. The molecule has 0 radical (unpaired) electrons. The summed E-state index contributed by atoms with van der Waals surface area (Å²) in [6.07, 6.45) is 4.37. The number of amides is 1. The number of sulfonamides is 2. The number of hydrogen-bond donors (Lipinski definition) is 2. The topological polar surface area (TPSA) is 152 Å². The summed E-state index contributed by atoms with van der Waals surface area (Å²) < 4.78 is 58.7. The fourth-order valence-corrected chi connectivity index (χ4v) is 5.46. The van der Waals surface area contributed by atoms with Gasteiger partial charge in [-0.15, -0.1) is 0 Å². The Bertz CT molecular complexity index is 1320. The minimum atomic E-state index is -3.91. The first-order valence-corrected chi connectivity index (χ1v) is 12.5. The number of carbonyl (C=O) groups excluding carboxylic acids is 1. The van der Waals surface area contributed by atoms with Crippen molar-refractivity contribution in [2.45, 2.75) is 22.8 Å². The van der Waals surface area contributed by atoms with Gasteiger partial charge in [-0.25, -0.2) is 31.5 Å². The molecule has 13 heteroatoms. The van der Waals surface area contributed by atoms with Gasteiger partial charge in [-0.3, -0.25) is 4.79 Å². The Hall–Kier alpha value is -3.29. The fraction of sp³-hybridized carbons (Fsp3) is 0.211. The Morgan fingerprint density at radius 3 is 2.25 bits per heavy atom. The van der Waals surface area contributed by atoms with E-state index in [1.165, 1.54) is 53.1 Å². The number of rotatable bonds is 7. The largest absolute Gasteiger partial charge is 0.438 e. The molecule has 3 aromatic rings. The molecule has 3 heterocycles. The van der Waals surface area contributed by atoms with Crippen LogP contribution < -0.4 is 10.0 Å². The van der Waals surface area contributed by atoms with Crippen molar-refractivity contribution in [2.24, 2.45) is 0 Å². The van der Waals surface area contributed by atoms with Gasteiger partial charge in [0, 0.05) is 31.2 Å². The van der Waals surface area contributed by atoms with Crippen LogP contribution in [0.25, 0.3) is 0 Å². The molecule has 0 unspecified atom stereocenters. The van der Waals surface area contributed by atoms with E-state index < -0.39 is 26.0 Å². The van der Waals surface area contributed by atoms with Gasteiger partial charge in [-0.05, 0) is 55.3 Å². The van der Waals surface area contributed by atoms with Gasteiger partial charge < -0.3 is 9.73 Å². The summed E-state index contributed by atoms with van der Waals surface area (Å²) in [6.45, 7) is 0.843. The first-order chi connectivity index (χ1) is 15.3. The molecule has 0 spiro atoms. The predicted molar refractivity (Wildman–Crippen MR) is 114 cm³/mol. The maximum Gasteiger partial charge on any atom is 0.291 e. The zero-order valence-corrected chi connectivity index (χ0v) is 18.3. The van der Waals surface area contributed by atoms with E-state index >= 15 is 0 Å². The van der Waals surface area contributed by atoms with Gasteiger partial charge >= 0.3 is 0 Å². The summed E-state index contributed by atoms with van der Waals surface area (Å²) in [7, 11) is -7.68. The molecule has 0 aliphatic carbocycles.